The molecule has 1 aliphatic carbocycles. The lowest BCUT2D eigenvalue weighted by Gasteiger charge is -2.31. The Balaban J connectivity index is 1.30. The predicted molar refractivity (Wildman–Crippen MR) is 122 cm³/mol. The van der Waals surface area contributed by atoms with Gasteiger partial charge in [-0.1, -0.05) is 11.2 Å². The Kier molecular flexibility index (Phi) is 5.91. The van der Waals surface area contributed by atoms with E-state index in [-0.39, 0.29) is 23.3 Å². The first-order valence-corrected chi connectivity index (χ1v) is 13.8. The molecule has 8 nitrogen and oxygen atoms in total. The van der Waals surface area contributed by atoms with Crippen LogP contribution in [0.2, 0.25) is 0 Å². The number of aromatic nitrogens is 2. The fourth-order valence-electron chi connectivity index (χ4n) is 3.91. The van der Waals surface area contributed by atoms with E-state index >= 15 is 0 Å². The van der Waals surface area contributed by atoms with Gasteiger partial charge in [-0.15, -0.1) is 22.7 Å². The van der Waals surface area contributed by atoms with Crippen molar-refractivity contribution >= 4 is 38.6 Å². The summed E-state index contributed by atoms with van der Waals surface area (Å²) in [6, 6.07) is 5.55. The van der Waals surface area contributed by atoms with Crippen molar-refractivity contribution in [2.45, 2.75) is 50.0 Å². The molecule has 0 spiro atoms. The van der Waals surface area contributed by atoms with Gasteiger partial charge in [0.05, 0.1) is 22.2 Å². The summed E-state index contributed by atoms with van der Waals surface area (Å²) in [7, 11) is -3.72. The standard InChI is InChI=1S/C21H24N4O4S3/c1-13-18(10-17(31-13)19-23-21(29-24-19)14-6-7-14)32(27,28)25-8-2-4-15(12-25)20(26)22-11-16-5-3-9-30-16/h3,5,9-10,14-15H,2,4,6-8,11-12H2,1H3,(H,22,26). The molecule has 3 aromatic heterocycles. The Morgan fingerprint density at radius 1 is 1.34 bits per heavy atom. The molecule has 11 heteroatoms. The second-order valence-electron chi connectivity index (χ2n) is 8.26. The molecular formula is C21H24N4O4S3. The lowest BCUT2D eigenvalue weighted by atomic mass is 9.99. The maximum absolute atomic E-state index is 13.4. The van der Waals surface area contributed by atoms with E-state index in [4.69, 9.17) is 4.52 Å². The smallest absolute Gasteiger partial charge is 0.244 e. The summed E-state index contributed by atoms with van der Waals surface area (Å²) in [5.41, 5.74) is 0. The van der Waals surface area contributed by atoms with Crippen LogP contribution < -0.4 is 5.32 Å². The van der Waals surface area contributed by atoms with Crippen LogP contribution in [0.3, 0.4) is 0 Å². The quantitative estimate of drug-likeness (QED) is 0.538. The van der Waals surface area contributed by atoms with Crippen molar-refractivity contribution in [1.29, 1.82) is 0 Å². The molecule has 1 unspecified atom stereocenters. The number of hydrogen-bond acceptors (Lipinski definition) is 8. The van der Waals surface area contributed by atoms with Crippen molar-refractivity contribution in [3.05, 3.63) is 39.2 Å². The third-order valence-corrected chi connectivity index (χ3v) is 9.89. The van der Waals surface area contributed by atoms with E-state index in [1.165, 1.54) is 15.6 Å². The van der Waals surface area contributed by atoms with Gasteiger partial charge in [0.1, 0.15) is 0 Å². The van der Waals surface area contributed by atoms with Gasteiger partial charge in [0.15, 0.2) is 0 Å². The summed E-state index contributed by atoms with van der Waals surface area (Å²) in [4.78, 5) is 19.8. The number of hydrogen-bond donors (Lipinski definition) is 1. The van der Waals surface area contributed by atoms with Crippen LogP contribution in [0.15, 0.2) is 33.0 Å². The number of thiophene rings is 2. The summed E-state index contributed by atoms with van der Waals surface area (Å²) in [6.07, 6.45) is 3.45. The van der Waals surface area contributed by atoms with Gasteiger partial charge in [-0.25, -0.2) is 8.42 Å². The van der Waals surface area contributed by atoms with Crippen LogP contribution in [-0.4, -0.2) is 41.9 Å². The fourth-order valence-corrected chi connectivity index (χ4v) is 7.56. The highest BCUT2D eigenvalue weighted by Crippen LogP contribution is 2.41. The van der Waals surface area contributed by atoms with Crippen LogP contribution in [-0.2, 0) is 21.4 Å². The van der Waals surface area contributed by atoms with Gasteiger partial charge in [0.2, 0.25) is 27.6 Å². The molecule has 1 atom stereocenters. The highest BCUT2D eigenvalue weighted by Gasteiger charge is 2.35. The van der Waals surface area contributed by atoms with E-state index in [1.54, 1.807) is 24.3 Å². The van der Waals surface area contributed by atoms with E-state index in [1.807, 2.05) is 17.5 Å². The summed E-state index contributed by atoms with van der Waals surface area (Å²) >= 11 is 2.93. The van der Waals surface area contributed by atoms with Crippen LogP contribution in [0.1, 0.15) is 47.2 Å². The summed E-state index contributed by atoms with van der Waals surface area (Å²) in [5, 5.41) is 8.95. The van der Waals surface area contributed by atoms with Crippen molar-refractivity contribution in [2.24, 2.45) is 5.92 Å². The summed E-state index contributed by atoms with van der Waals surface area (Å²) in [6.45, 7) is 2.87. The molecule has 1 amide bonds. The predicted octanol–water partition coefficient (Wildman–Crippen LogP) is 3.76. The summed E-state index contributed by atoms with van der Waals surface area (Å²) < 4.78 is 33.6. The second-order valence-corrected chi connectivity index (χ2v) is 12.5. The molecule has 1 saturated carbocycles. The third kappa shape index (κ3) is 4.39. The lowest BCUT2D eigenvalue weighted by molar-refractivity contribution is -0.126. The molecule has 170 valence electrons. The molecule has 0 aromatic carbocycles. The van der Waals surface area contributed by atoms with Crippen LogP contribution >= 0.6 is 22.7 Å². The Morgan fingerprint density at radius 3 is 2.94 bits per heavy atom. The van der Waals surface area contributed by atoms with Gasteiger partial charge in [-0.3, -0.25) is 4.79 Å². The average molecular weight is 493 g/mol. The Labute approximate surface area is 194 Å². The molecule has 4 heterocycles. The molecule has 1 saturated heterocycles. The molecule has 3 aromatic rings. The van der Waals surface area contributed by atoms with Crippen molar-refractivity contribution in [3.8, 4) is 10.7 Å². The van der Waals surface area contributed by atoms with Crippen LogP contribution in [0.4, 0.5) is 0 Å². The SMILES string of the molecule is Cc1sc(-c2noc(C3CC3)n2)cc1S(=O)(=O)N1CCCC(C(=O)NCc2cccs2)C1. The highest BCUT2D eigenvalue weighted by atomic mass is 32.2. The van der Waals surface area contributed by atoms with Gasteiger partial charge >= 0.3 is 0 Å². The summed E-state index contributed by atoms with van der Waals surface area (Å²) in [5.74, 6) is 0.959. The van der Waals surface area contributed by atoms with Crippen LogP contribution in [0.25, 0.3) is 10.7 Å². The van der Waals surface area contributed by atoms with Gasteiger partial charge in [-0.05, 0) is 50.1 Å². The molecule has 0 radical (unpaired) electrons. The first kappa shape index (κ1) is 21.7. The Morgan fingerprint density at radius 2 is 2.19 bits per heavy atom. The van der Waals surface area contributed by atoms with Crippen molar-refractivity contribution in [2.75, 3.05) is 13.1 Å². The lowest BCUT2D eigenvalue weighted by Crippen LogP contribution is -2.45. The highest BCUT2D eigenvalue weighted by molar-refractivity contribution is 7.89. The molecule has 32 heavy (non-hydrogen) atoms. The van der Waals surface area contributed by atoms with Crippen molar-refractivity contribution < 1.29 is 17.7 Å². The Hall–Kier alpha value is -2.08. The molecule has 1 aliphatic heterocycles. The number of nitrogens with one attached hydrogen (secondary N) is 1. The van der Waals surface area contributed by atoms with Gasteiger partial charge < -0.3 is 9.84 Å². The van der Waals surface area contributed by atoms with Crippen LogP contribution in [0, 0.1) is 12.8 Å². The van der Waals surface area contributed by atoms with E-state index in [0.717, 1.165) is 17.7 Å². The molecular weight excluding hydrogens is 468 g/mol. The largest absolute Gasteiger partial charge is 0.351 e. The third-order valence-electron chi connectivity index (χ3n) is 5.85. The second kappa shape index (κ2) is 8.69. The normalized spacial score (nSPS) is 19.8. The number of carbonyl (C=O) groups is 1. The number of piperidine rings is 1. The van der Waals surface area contributed by atoms with E-state index in [0.29, 0.717) is 53.3 Å². The first-order chi connectivity index (χ1) is 15.4. The number of carbonyl (C=O) groups excluding carboxylic acids is 1. The average Bonchev–Trinajstić information content (AvgIpc) is 3.18. The number of aryl methyl sites for hydroxylation is 1. The fraction of sp³-hybridized carbons (Fsp3) is 0.476. The number of nitrogens with zero attached hydrogens (tertiary/aromatic N) is 3. The molecule has 2 fully saturated rings. The number of rotatable bonds is 7. The number of sulfonamides is 1. The minimum Gasteiger partial charge on any atom is -0.351 e. The molecule has 1 N–H and O–H groups in total. The maximum atomic E-state index is 13.4. The minimum absolute atomic E-state index is 0.0968. The van der Waals surface area contributed by atoms with Crippen molar-refractivity contribution in [3.63, 3.8) is 0 Å². The van der Waals surface area contributed by atoms with Gasteiger partial charge in [0.25, 0.3) is 0 Å². The zero-order chi connectivity index (χ0) is 22.3. The zero-order valence-corrected chi connectivity index (χ0v) is 20.1. The van der Waals surface area contributed by atoms with E-state index in [9.17, 15) is 13.2 Å². The van der Waals surface area contributed by atoms with Crippen molar-refractivity contribution in [1.82, 2.24) is 19.8 Å². The number of amides is 1. The molecule has 2 aliphatic rings. The van der Waals surface area contributed by atoms with Gasteiger partial charge in [-0.2, -0.15) is 9.29 Å². The minimum atomic E-state index is -3.72. The topological polar surface area (TPSA) is 105 Å². The van der Waals surface area contributed by atoms with E-state index in [2.05, 4.69) is 15.5 Å². The zero-order valence-electron chi connectivity index (χ0n) is 17.6. The van der Waals surface area contributed by atoms with Crippen LogP contribution in [0.5, 0.6) is 0 Å². The molecule has 0 bridgehead atoms. The maximum Gasteiger partial charge on any atom is 0.244 e. The monoisotopic (exact) mass is 492 g/mol. The van der Waals surface area contributed by atoms with E-state index < -0.39 is 10.0 Å². The molecule has 5 rings (SSSR count). The Bertz CT molecular complexity index is 1210. The first-order valence-electron chi connectivity index (χ1n) is 10.7. The van der Waals surface area contributed by atoms with Gasteiger partial charge in [0, 0.05) is 28.8 Å².